The van der Waals surface area contributed by atoms with Crippen molar-refractivity contribution in [3.8, 4) is 0 Å². The first-order valence-electron chi connectivity index (χ1n) is 11.0. The Bertz CT molecular complexity index is 1220. The van der Waals surface area contributed by atoms with E-state index in [0.717, 1.165) is 21.6 Å². The zero-order valence-corrected chi connectivity index (χ0v) is 24.0. The molecule has 0 radical (unpaired) electrons. The smallest absolute Gasteiger partial charge is 0.324 e. The molecule has 22 heteroatoms. The number of thioether (sulfide) groups is 2. The first kappa shape index (κ1) is 38.0. The summed E-state index contributed by atoms with van der Waals surface area (Å²) in [5, 5.41) is -7.20. The summed E-state index contributed by atoms with van der Waals surface area (Å²) in [6, 6.07) is 10.7. The summed E-state index contributed by atoms with van der Waals surface area (Å²) in [7, 11) is 1.63. The van der Waals surface area contributed by atoms with E-state index in [1.807, 2.05) is 0 Å². The lowest BCUT2D eigenvalue weighted by Crippen LogP contribution is -2.50. The molecule has 246 valence electrons. The molecule has 0 aliphatic carbocycles. The minimum atomic E-state index is -6.58. The van der Waals surface area contributed by atoms with Crippen LogP contribution in [-0.2, 0) is 9.59 Å². The summed E-state index contributed by atoms with van der Waals surface area (Å²) in [6.07, 6.45) is -13.2. The van der Waals surface area contributed by atoms with Gasteiger partial charge in [-0.3, -0.25) is 9.59 Å². The van der Waals surface area contributed by atoms with Crippen molar-refractivity contribution in [2.45, 2.75) is 44.5 Å². The molecule has 0 aliphatic rings. The third kappa shape index (κ3) is 9.18. The van der Waals surface area contributed by atoms with E-state index in [1.165, 1.54) is 48.5 Å². The monoisotopic (exact) mass is 732 g/mol. The van der Waals surface area contributed by atoms with Gasteiger partial charge in [0.15, 0.2) is 0 Å². The zero-order chi connectivity index (χ0) is 33.8. The van der Waals surface area contributed by atoms with Crippen molar-refractivity contribution < 1.29 is 71.1 Å². The van der Waals surface area contributed by atoms with E-state index in [1.54, 1.807) is 0 Å². The lowest BCUT2D eigenvalue weighted by molar-refractivity contribution is -0.330. The number of halogens is 14. The largest absolute Gasteiger partial charge is 0.460 e. The van der Waals surface area contributed by atoms with Gasteiger partial charge in [-0.2, -0.15) is 61.5 Å². The Morgan fingerprint density at radius 3 is 1.11 bits per heavy atom. The van der Waals surface area contributed by atoms with Crippen LogP contribution in [0.25, 0.3) is 0 Å². The fraction of sp³-hybridized carbons (Fsp3) is 0.364. The first-order chi connectivity index (χ1) is 19.9. The van der Waals surface area contributed by atoms with Gasteiger partial charge in [-0.05, 0) is 24.3 Å². The fourth-order valence-corrected chi connectivity index (χ4v) is 6.21. The quantitative estimate of drug-likeness (QED) is 0.158. The molecule has 2 aromatic rings. The van der Waals surface area contributed by atoms with E-state index in [9.17, 15) is 71.1 Å². The van der Waals surface area contributed by atoms with Crippen molar-refractivity contribution in [1.82, 2.24) is 0 Å². The third-order valence-corrected chi connectivity index (χ3v) is 9.29. The maximum atomic E-state index is 13.5. The number of nitrogens with one attached hydrogen (secondary N) is 2. The third-order valence-electron chi connectivity index (χ3n) is 4.76. The molecule has 2 rings (SSSR count). The Balaban J connectivity index is 2.05. The van der Waals surface area contributed by atoms with E-state index >= 15 is 0 Å². The van der Waals surface area contributed by atoms with Crippen LogP contribution >= 0.6 is 45.1 Å². The van der Waals surface area contributed by atoms with Gasteiger partial charge >= 0.3 is 34.7 Å². The van der Waals surface area contributed by atoms with Crippen LogP contribution in [0.1, 0.15) is 0 Å². The highest BCUT2D eigenvalue weighted by molar-refractivity contribution is 8.76. The molecule has 0 saturated heterocycles. The number of anilines is 2. The molecule has 0 spiro atoms. The molecule has 0 atom stereocenters. The normalized spacial score (nSPS) is 13.5. The van der Waals surface area contributed by atoms with Gasteiger partial charge in [-0.15, -0.1) is 0 Å². The van der Waals surface area contributed by atoms with Crippen molar-refractivity contribution >= 4 is 68.3 Å². The molecular weight excluding hydrogens is 718 g/mol. The predicted molar refractivity (Wildman–Crippen MR) is 139 cm³/mol. The molecule has 0 heterocycles. The molecule has 0 bridgehead atoms. The number of para-hydroxylation sites is 2. The highest BCUT2D eigenvalue weighted by Crippen LogP contribution is 2.53. The van der Waals surface area contributed by atoms with Crippen LogP contribution in [0.5, 0.6) is 0 Å². The topological polar surface area (TPSA) is 58.2 Å². The maximum Gasteiger partial charge on any atom is 0.460 e. The molecule has 4 nitrogen and oxygen atoms in total. The van der Waals surface area contributed by atoms with E-state index in [0.29, 0.717) is 0 Å². The molecule has 0 aromatic heterocycles. The molecule has 0 aliphatic heterocycles. The van der Waals surface area contributed by atoms with Gasteiger partial charge in [-0.1, -0.05) is 69.4 Å². The molecular formula is C22H14F14N2O2S4. The molecule has 2 aromatic carbocycles. The number of benzene rings is 2. The number of amides is 2. The number of carbonyl (C=O) groups is 2. The van der Waals surface area contributed by atoms with Crippen molar-refractivity contribution in [3.05, 3.63) is 48.5 Å². The average molecular weight is 733 g/mol. The highest BCUT2D eigenvalue weighted by atomic mass is 33.1. The first-order valence-corrected chi connectivity index (χ1v) is 15.1. The summed E-state index contributed by atoms with van der Waals surface area (Å²) >= 11 is -2.48. The number of carbonyl (C=O) groups excluding carboxylic acids is 2. The van der Waals surface area contributed by atoms with Gasteiger partial charge in [0.05, 0.1) is 22.9 Å². The fourth-order valence-electron chi connectivity index (χ4n) is 2.57. The van der Waals surface area contributed by atoms with Crippen LogP contribution in [0.15, 0.2) is 58.3 Å². The van der Waals surface area contributed by atoms with Gasteiger partial charge in [-0.25, -0.2) is 0 Å². The van der Waals surface area contributed by atoms with Crippen LogP contribution < -0.4 is 10.6 Å². The number of hydrogen-bond donors (Lipinski definition) is 2. The number of rotatable bonds is 13. The summed E-state index contributed by atoms with van der Waals surface area (Å²) in [5.74, 6) is -18.6. The summed E-state index contributed by atoms with van der Waals surface area (Å²) in [6.45, 7) is 0. The van der Waals surface area contributed by atoms with Crippen molar-refractivity contribution in [2.24, 2.45) is 0 Å². The minimum Gasteiger partial charge on any atom is -0.324 e. The number of alkyl halides is 14. The molecule has 0 fully saturated rings. The molecule has 44 heavy (non-hydrogen) atoms. The van der Waals surface area contributed by atoms with E-state index in [-0.39, 0.29) is 21.2 Å². The van der Waals surface area contributed by atoms with Crippen LogP contribution in [0.4, 0.5) is 72.8 Å². The molecule has 2 amide bonds. The Kier molecular flexibility index (Phi) is 12.1. The Morgan fingerprint density at radius 1 is 0.523 bits per heavy atom. The van der Waals surface area contributed by atoms with Gasteiger partial charge < -0.3 is 10.6 Å². The zero-order valence-electron chi connectivity index (χ0n) is 20.8. The van der Waals surface area contributed by atoms with Crippen LogP contribution in [0, 0.1) is 0 Å². The van der Waals surface area contributed by atoms with E-state index < -0.39 is 81.6 Å². The molecule has 0 saturated carbocycles. The second-order valence-electron chi connectivity index (χ2n) is 8.01. The lowest BCUT2D eigenvalue weighted by atomic mass is 10.3. The number of hydrogen-bond acceptors (Lipinski definition) is 6. The second kappa shape index (κ2) is 14.1. The predicted octanol–water partition coefficient (Wildman–Crippen LogP) is 9.41. The SMILES string of the molecule is O=C(CSC(F)(F)C(F)(F)C(F)(F)F)Nc1ccccc1SSc1ccccc1NC(=O)CSC(F)(F)C(F)(F)C(F)(F)F. The standard InChI is InChI=1S/C22H14F14N2O2S4/c23-17(24,19(27,28)29)21(33,34)41-9-15(39)37-11-5-1-3-7-13(11)43-44-14-8-4-2-6-12(14)38-16(40)10-42-22(35,36)18(25,26)20(30,31)32/h1-8H,9-10H2,(H,37,39)(H,38,40). The second-order valence-corrected chi connectivity index (χ2v) is 12.4. The van der Waals surface area contributed by atoms with E-state index in [4.69, 9.17) is 0 Å². The van der Waals surface area contributed by atoms with Crippen molar-refractivity contribution in [2.75, 3.05) is 22.1 Å². The molecule has 0 unspecified atom stereocenters. The van der Waals surface area contributed by atoms with Gasteiger partial charge in [0, 0.05) is 9.79 Å². The summed E-state index contributed by atoms with van der Waals surface area (Å²) in [5.41, 5.74) is -0.209. The maximum absolute atomic E-state index is 13.5. The van der Waals surface area contributed by atoms with Crippen LogP contribution in [0.3, 0.4) is 0 Å². The van der Waals surface area contributed by atoms with Gasteiger partial charge in [0.1, 0.15) is 0 Å². The van der Waals surface area contributed by atoms with E-state index in [2.05, 4.69) is 10.6 Å². The highest BCUT2D eigenvalue weighted by Gasteiger charge is 2.74. The summed E-state index contributed by atoms with van der Waals surface area (Å²) < 4.78 is 180. The summed E-state index contributed by atoms with van der Waals surface area (Å²) in [4.78, 5) is 24.5. The van der Waals surface area contributed by atoms with Gasteiger partial charge in [0.2, 0.25) is 11.8 Å². The Labute approximate surface area is 254 Å². The van der Waals surface area contributed by atoms with Crippen LogP contribution in [-0.4, -0.2) is 58.0 Å². The van der Waals surface area contributed by atoms with Gasteiger partial charge in [0.25, 0.3) is 0 Å². The Hall–Kier alpha value is -2.20. The average Bonchev–Trinajstić information content (AvgIpc) is 2.89. The molecule has 2 N–H and O–H groups in total. The lowest BCUT2D eigenvalue weighted by Gasteiger charge is -2.27. The minimum absolute atomic E-state index is 0.104. The Morgan fingerprint density at radius 2 is 0.818 bits per heavy atom. The van der Waals surface area contributed by atoms with Crippen molar-refractivity contribution in [1.29, 1.82) is 0 Å². The van der Waals surface area contributed by atoms with Crippen LogP contribution in [0.2, 0.25) is 0 Å². The van der Waals surface area contributed by atoms with Crippen molar-refractivity contribution in [3.63, 3.8) is 0 Å².